The molecule has 6 nitrogen and oxygen atoms in total. The number of hydrogen-bond acceptors (Lipinski definition) is 5. The van der Waals surface area contributed by atoms with Gasteiger partial charge in [0, 0.05) is 19.7 Å². The van der Waals surface area contributed by atoms with E-state index in [4.69, 9.17) is 16.3 Å². The number of hydrogen-bond donors (Lipinski definition) is 0. The van der Waals surface area contributed by atoms with Crippen molar-refractivity contribution in [1.82, 2.24) is 4.98 Å². The Morgan fingerprint density at radius 1 is 1.50 bits per heavy atom. The largest absolute Gasteiger partial charge is 0.380 e. The molecule has 1 heterocycles. The van der Waals surface area contributed by atoms with Crippen molar-refractivity contribution < 1.29 is 9.66 Å². The third-order valence-corrected chi connectivity index (χ3v) is 2.59. The van der Waals surface area contributed by atoms with Gasteiger partial charge in [0.25, 0.3) is 5.69 Å². The number of anilines is 1. The summed E-state index contributed by atoms with van der Waals surface area (Å²) in [5, 5.41) is 10.9. The molecule has 0 saturated carbocycles. The van der Waals surface area contributed by atoms with Crippen LogP contribution in [-0.2, 0) is 4.74 Å². The summed E-state index contributed by atoms with van der Waals surface area (Å²) in [5.41, 5.74) is -0.0557. The molecule has 1 aromatic rings. The summed E-state index contributed by atoms with van der Waals surface area (Å²) in [6.07, 6.45) is 0. The average molecular weight is 274 g/mol. The van der Waals surface area contributed by atoms with Crippen LogP contribution in [0.3, 0.4) is 0 Å². The van der Waals surface area contributed by atoms with E-state index in [0.29, 0.717) is 32.1 Å². The Bertz CT molecular complexity index is 415. The number of likely N-dealkylation sites (N-methyl/N-ethyl adjacent to an activating group) is 1. The summed E-state index contributed by atoms with van der Waals surface area (Å²) >= 11 is 5.78. The van der Waals surface area contributed by atoms with Crippen molar-refractivity contribution in [1.29, 1.82) is 0 Å². The van der Waals surface area contributed by atoms with E-state index in [1.54, 1.807) is 0 Å². The molecular formula is C11H16ClN3O3. The predicted octanol–water partition coefficient (Wildman–Crippen LogP) is 2.51. The van der Waals surface area contributed by atoms with Gasteiger partial charge in [-0.2, -0.15) is 0 Å². The Morgan fingerprint density at radius 3 is 2.78 bits per heavy atom. The molecule has 0 atom stereocenters. The molecule has 100 valence electrons. The number of pyridine rings is 1. The van der Waals surface area contributed by atoms with Crippen LogP contribution in [0.15, 0.2) is 12.1 Å². The van der Waals surface area contributed by atoms with Gasteiger partial charge in [-0.15, -0.1) is 0 Å². The van der Waals surface area contributed by atoms with Crippen LogP contribution in [0, 0.1) is 10.1 Å². The van der Waals surface area contributed by atoms with Gasteiger partial charge in [0.15, 0.2) is 0 Å². The zero-order valence-electron chi connectivity index (χ0n) is 10.4. The van der Waals surface area contributed by atoms with Crippen LogP contribution in [0.1, 0.15) is 13.8 Å². The molecule has 18 heavy (non-hydrogen) atoms. The zero-order valence-corrected chi connectivity index (χ0v) is 11.2. The van der Waals surface area contributed by atoms with Crippen molar-refractivity contribution in [3.8, 4) is 0 Å². The highest BCUT2D eigenvalue weighted by Gasteiger charge is 2.14. The van der Waals surface area contributed by atoms with Crippen LogP contribution in [0.2, 0.25) is 5.15 Å². The maximum Gasteiger partial charge on any atom is 0.276 e. The van der Waals surface area contributed by atoms with Crippen molar-refractivity contribution in [2.45, 2.75) is 13.8 Å². The second kappa shape index (κ2) is 7.13. The molecule has 0 fully saturated rings. The van der Waals surface area contributed by atoms with Gasteiger partial charge in [0.2, 0.25) is 0 Å². The molecule has 0 aliphatic carbocycles. The zero-order chi connectivity index (χ0) is 13.5. The summed E-state index contributed by atoms with van der Waals surface area (Å²) in [6.45, 7) is 6.35. The molecule has 0 aromatic carbocycles. The summed E-state index contributed by atoms with van der Waals surface area (Å²) in [7, 11) is 0. The van der Waals surface area contributed by atoms with Crippen molar-refractivity contribution in [2.75, 3.05) is 31.2 Å². The highest BCUT2D eigenvalue weighted by atomic mass is 35.5. The standard InChI is InChI=1S/C11H16ClN3O3/c1-3-14(5-6-18-4-2)11-8-9(15(16)17)7-10(12)13-11/h7-8H,3-6H2,1-2H3. The van der Waals surface area contributed by atoms with Gasteiger partial charge in [-0.3, -0.25) is 10.1 Å². The van der Waals surface area contributed by atoms with Gasteiger partial charge >= 0.3 is 0 Å². The van der Waals surface area contributed by atoms with Crippen molar-refractivity contribution in [3.05, 3.63) is 27.4 Å². The minimum absolute atomic E-state index is 0.0557. The van der Waals surface area contributed by atoms with Crippen LogP contribution in [0.25, 0.3) is 0 Å². The van der Waals surface area contributed by atoms with Crippen molar-refractivity contribution in [3.63, 3.8) is 0 Å². The monoisotopic (exact) mass is 273 g/mol. The molecule has 0 N–H and O–H groups in total. The summed E-state index contributed by atoms with van der Waals surface area (Å²) < 4.78 is 5.26. The molecule has 0 amide bonds. The predicted molar refractivity (Wildman–Crippen MR) is 70.3 cm³/mol. The van der Waals surface area contributed by atoms with E-state index in [0.717, 1.165) is 0 Å². The lowest BCUT2D eigenvalue weighted by Gasteiger charge is -2.21. The van der Waals surface area contributed by atoms with E-state index >= 15 is 0 Å². The van der Waals surface area contributed by atoms with Gasteiger partial charge in [-0.1, -0.05) is 11.6 Å². The maximum atomic E-state index is 10.8. The second-order valence-corrected chi connectivity index (χ2v) is 3.93. The van der Waals surface area contributed by atoms with Crippen LogP contribution in [0.4, 0.5) is 11.5 Å². The highest BCUT2D eigenvalue weighted by molar-refractivity contribution is 6.29. The third kappa shape index (κ3) is 4.12. The van der Waals surface area contributed by atoms with Crippen LogP contribution < -0.4 is 4.90 Å². The molecule has 1 rings (SSSR count). The van der Waals surface area contributed by atoms with Gasteiger partial charge in [0.05, 0.1) is 23.7 Å². The van der Waals surface area contributed by atoms with Crippen LogP contribution >= 0.6 is 11.6 Å². The van der Waals surface area contributed by atoms with Gasteiger partial charge in [0.1, 0.15) is 11.0 Å². The van der Waals surface area contributed by atoms with Crippen LogP contribution in [0.5, 0.6) is 0 Å². The highest BCUT2D eigenvalue weighted by Crippen LogP contribution is 2.23. The second-order valence-electron chi connectivity index (χ2n) is 3.54. The molecular weight excluding hydrogens is 258 g/mol. The Balaban J connectivity index is 2.87. The molecule has 7 heteroatoms. The molecule has 0 saturated heterocycles. The first kappa shape index (κ1) is 14.7. The number of rotatable bonds is 7. The molecule has 0 unspecified atom stereocenters. The van der Waals surface area contributed by atoms with E-state index in [1.807, 2.05) is 18.7 Å². The fourth-order valence-electron chi connectivity index (χ4n) is 1.49. The Labute approximate surface area is 111 Å². The van der Waals surface area contributed by atoms with Gasteiger partial charge in [-0.05, 0) is 13.8 Å². The van der Waals surface area contributed by atoms with E-state index in [1.165, 1.54) is 12.1 Å². The van der Waals surface area contributed by atoms with E-state index in [2.05, 4.69) is 4.98 Å². The minimum Gasteiger partial charge on any atom is -0.380 e. The third-order valence-electron chi connectivity index (χ3n) is 2.39. The lowest BCUT2D eigenvalue weighted by atomic mass is 10.3. The van der Waals surface area contributed by atoms with Gasteiger partial charge in [-0.25, -0.2) is 4.98 Å². The van der Waals surface area contributed by atoms with Gasteiger partial charge < -0.3 is 9.64 Å². The summed E-state index contributed by atoms with van der Waals surface area (Å²) in [4.78, 5) is 16.3. The summed E-state index contributed by atoms with van der Waals surface area (Å²) in [5.74, 6) is 0.497. The first-order valence-corrected chi connectivity index (χ1v) is 6.11. The topological polar surface area (TPSA) is 68.5 Å². The SMILES string of the molecule is CCOCCN(CC)c1cc([N+](=O)[O-])cc(Cl)n1. The molecule has 0 aliphatic rings. The number of nitrogens with zero attached hydrogens (tertiary/aromatic N) is 3. The number of halogens is 1. The Kier molecular flexibility index (Phi) is 5.80. The lowest BCUT2D eigenvalue weighted by Crippen LogP contribution is -2.28. The molecule has 0 aliphatic heterocycles. The number of nitro groups is 1. The maximum absolute atomic E-state index is 10.8. The van der Waals surface area contributed by atoms with Crippen molar-refractivity contribution >= 4 is 23.1 Å². The summed E-state index contributed by atoms with van der Waals surface area (Å²) in [6, 6.07) is 2.66. The number of aromatic nitrogens is 1. The lowest BCUT2D eigenvalue weighted by molar-refractivity contribution is -0.384. The minimum atomic E-state index is -0.479. The van der Waals surface area contributed by atoms with Crippen molar-refractivity contribution in [2.24, 2.45) is 0 Å². The quantitative estimate of drug-likeness (QED) is 0.330. The Morgan fingerprint density at radius 2 is 2.22 bits per heavy atom. The number of ether oxygens (including phenoxy) is 1. The normalized spacial score (nSPS) is 10.4. The van der Waals surface area contributed by atoms with Crippen LogP contribution in [-0.4, -0.2) is 36.2 Å². The Hall–Kier alpha value is -1.40. The smallest absolute Gasteiger partial charge is 0.276 e. The fourth-order valence-corrected chi connectivity index (χ4v) is 1.69. The first-order valence-electron chi connectivity index (χ1n) is 5.73. The molecule has 1 aromatic heterocycles. The fraction of sp³-hybridized carbons (Fsp3) is 0.545. The van der Waals surface area contributed by atoms with E-state index < -0.39 is 4.92 Å². The average Bonchev–Trinajstić information content (AvgIpc) is 2.34. The molecule has 0 spiro atoms. The van der Waals surface area contributed by atoms with E-state index in [9.17, 15) is 10.1 Å². The molecule has 0 bridgehead atoms. The molecule has 0 radical (unpaired) electrons. The van der Waals surface area contributed by atoms with E-state index in [-0.39, 0.29) is 10.8 Å². The first-order chi connectivity index (χ1) is 8.58.